The molecule has 0 saturated heterocycles. The maximum Gasteiger partial charge on any atom is 0.274 e. The van der Waals surface area contributed by atoms with Gasteiger partial charge in [0.15, 0.2) is 0 Å². The van der Waals surface area contributed by atoms with Crippen molar-refractivity contribution in [1.82, 2.24) is 4.57 Å². The molecule has 0 bridgehead atoms. The number of halogens is 1. The first-order valence-corrected chi connectivity index (χ1v) is 7.99. The van der Waals surface area contributed by atoms with Gasteiger partial charge >= 0.3 is 0 Å². The Morgan fingerprint density at radius 2 is 1.83 bits per heavy atom. The lowest BCUT2D eigenvalue weighted by molar-refractivity contribution is -0.385. The molecule has 0 unspecified atom stereocenters. The molecule has 116 valence electrons. The number of aromatic nitrogens is 1. The number of hydrogen-bond acceptors (Lipinski definition) is 2. The average molecular weight is 371 g/mol. The Bertz CT molecular complexity index is 857. The van der Waals surface area contributed by atoms with Crippen LogP contribution in [0.25, 0.3) is 11.1 Å². The molecule has 2 aromatic carbocycles. The lowest BCUT2D eigenvalue weighted by Gasteiger charge is -2.07. The predicted molar refractivity (Wildman–Crippen MR) is 94.5 cm³/mol. The Morgan fingerprint density at radius 1 is 1.09 bits per heavy atom. The highest BCUT2D eigenvalue weighted by molar-refractivity contribution is 9.10. The molecule has 1 aromatic heterocycles. The first-order valence-electron chi connectivity index (χ1n) is 7.19. The summed E-state index contributed by atoms with van der Waals surface area (Å²) in [5, 5.41) is 11.2. The Labute approximate surface area is 142 Å². The molecule has 0 spiro atoms. The number of nitrogens with zero attached hydrogens (tertiary/aromatic N) is 2. The van der Waals surface area contributed by atoms with Gasteiger partial charge in [0, 0.05) is 22.4 Å². The molecular weight excluding hydrogens is 356 g/mol. The fourth-order valence-corrected chi connectivity index (χ4v) is 3.02. The summed E-state index contributed by atoms with van der Waals surface area (Å²) in [5.74, 6) is 0. The Morgan fingerprint density at radius 3 is 2.52 bits per heavy atom. The van der Waals surface area contributed by atoms with Crippen molar-refractivity contribution in [3.05, 3.63) is 86.6 Å². The van der Waals surface area contributed by atoms with Crippen LogP contribution in [-0.4, -0.2) is 9.49 Å². The normalized spacial score (nSPS) is 10.7. The number of benzene rings is 2. The van der Waals surface area contributed by atoms with Gasteiger partial charge < -0.3 is 4.57 Å². The van der Waals surface area contributed by atoms with Gasteiger partial charge in [-0.05, 0) is 36.2 Å². The van der Waals surface area contributed by atoms with Crippen molar-refractivity contribution in [3.8, 4) is 11.1 Å². The molecule has 0 aliphatic heterocycles. The summed E-state index contributed by atoms with van der Waals surface area (Å²) in [7, 11) is 0. The van der Waals surface area contributed by atoms with Crippen molar-refractivity contribution >= 4 is 21.6 Å². The number of nitro groups is 1. The van der Waals surface area contributed by atoms with Crippen LogP contribution >= 0.6 is 15.9 Å². The Kier molecular flexibility index (Phi) is 4.30. The van der Waals surface area contributed by atoms with Gasteiger partial charge in [-0.15, -0.1) is 0 Å². The van der Waals surface area contributed by atoms with E-state index in [1.165, 1.54) is 6.07 Å². The van der Waals surface area contributed by atoms with E-state index in [2.05, 4.69) is 34.1 Å². The lowest BCUT2D eigenvalue weighted by Crippen LogP contribution is -2.03. The van der Waals surface area contributed by atoms with E-state index < -0.39 is 0 Å². The van der Waals surface area contributed by atoms with Gasteiger partial charge in [-0.1, -0.05) is 46.3 Å². The second kappa shape index (κ2) is 6.38. The molecule has 0 N–H and O–H groups in total. The van der Waals surface area contributed by atoms with Crippen LogP contribution in [0.1, 0.15) is 11.3 Å². The quantitative estimate of drug-likeness (QED) is 0.469. The smallest absolute Gasteiger partial charge is 0.274 e. The van der Waals surface area contributed by atoms with Gasteiger partial charge in [0.05, 0.1) is 17.0 Å². The van der Waals surface area contributed by atoms with Gasteiger partial charge in [0.1, 0.15) is 0 Å². The van der Waals surface area contributed by atoms with Gasteiger partial charge in [-0.2, -0.15) is 0 Å². The highest BCUT2D eigenvalue weighted by Gasteiger charge is 2.15. The number of aryl methyl sites for hydroxylation is 1. The molecule has 0 amide bonds. The SMILES string of the molecule is Cc1cc(-c2ccccc2)cn1Cc1cc(Br)ccc1[N+](=O)[O-]. The maximum atomic E-state index is 11.2. The molecule has 3 aromatic rings. The third-order valence-electron chi connectivity index (χ3n) is 3.80. The van der Waals surface area contributed by atoms with Crippen LogP contribution in [0.3, 0.4) is 0 Å². The standard InChI is InChI=1S/C18H15BrN2O2/c1-13-9-15(14-5-3-2-4-6-14)11-20(13)12-16-10-17(19)7-8-18(16)21(22)23/h2-11H,12H2,1H3. The third kappa shape index (κ3) is 3.35. The fraction of sp³-hybridized carbons (Fsp3) is 0.111. The van der Waals surface area contributed by atoms with E-state index in [0.717, 1.165) is 21.3 Å². The number of hydrogen-bond donors (Lipinski definition) is 0. The predicted octanol–water partition coefficient (Wildman–Crippen LogP) is 5.18. The minimum Gasteiger partial charge on any atom is -0.346 e. The summed E-state index contributed by atoms with van der Waals surface area (Å²) in [6.07, 6.45) is 2.04. The summed E-state index contributed by atoms with van der Waals surface area (Å²) >= 11 is 3.39. The van der Waals surface area contributed by atoms with Crippen molar-refractivity contribution in [3.63, 3.8) is 0 Å². The van der Waals surface area contributed by atoms with Crippen LogP contribution < -0.4 is 0 Å². The first kappa shape index (κ1) is 15.5. The third-order valence-corrected chi connectivity index (χ3v) is 4.29. The zero-order valence-corrected chi connectivity index (χ0v) is 14.2. The second-order valence-corrected chi connectivity index (χ2v) is 6.31. The fourth-order valence-electron chi connectivity index (χ4n) is 2.62. The molecule has 0 aliphatic carbocycles. The van der Waals surface area contributed by atoms with Crippen LogP contribution in [0.15, 0.2) is 65.3 Å². The van der Waals surface area contributed by atoms with E-state index in [-0.39, 0.29) is 10.6 Å². The van der Waals surface area contributed by atoms with Crippen molar-refractivity contribution in [1.29, 1.82) is 0 Å². The van der Waals surface area contributed by atoms with Crippen LogP contribution in [-0.2, 0) is 6.54 Å². The van der Waals surface area contributed by atoms with Crippen LogP contribution in [0.5, 0.6) is 0 Å². The van der Waals surface area contributed by atoms with Gasteiger partial charge in [0.25, 0.3) is 5.69 Å². The van der Waals surface area contributed by atoms with E-state index in [4.69, 9.17) is 0 Å². The molecule has 0 radical (unpaired) electrons. The minimum absolute atomic E-state index is 0.141. The molecule has 23 heavy (non-hydrogen) atoms. The van der Waals surface area contributed by atoms with E-state index in [1.54, 1.807) is 12.1 Å². The molecule has 1 heterocycles. The van der Waals surface area contributed by atoms with E-state index >= 15 is 0 Å². The van der Waals surface area contributed by atoms with Crippen molar-refractivity contribution in [2.24, 2.45) is 0 Å². The van der Waals surface area contributed by atoms with Crippen molar-refractivity contribution < 1.29 is 4.92 Å². The van der Waals surface area contributed by atoms with Gasteiger partial charge in [-0.3, -0.25) is 10.1 Å². The summed E-state index contributed by atoms with van der Waals surface area (Å²) in [6.45, 7) is 2.48. The topological polar surface area (TPSA) is 48.1 Å². The Hall–Kier alpha value is -2.40. The molecule has 4 nitrogen and oxygen atoms in total. The molecular formula is C18H15BrN2O2. The maximum absolute atomic E-state index is 11.2. The minimum atomic E-state index is -0.335. The van der Waals surface area contributed by atoms with Crippen LogP contribution in [0.4, 0.5) is 5.69 Å². The monoisotopic (exact) mass is 370 g/mol. The number of nitro benzene ring substituents is 1. The second-order valence-electron chi connectivity index (χ2n) is 5.39. The van der Waals surface area contributed by atoms with Crippen molar-refractivity contribution in [2.75, 3.05) is 0 Å². The van der Waals surface area contributed by atoms with Gasteiger partial charge in [-0.25, -0.2) is 0 Å². The molecule has 3 rings (SSSR count). The first-order chi connectivity index (χ1) is 11.0. The van der Waals surface area contributed by atoms with Crippen molar-refractivity contribution in [2.45, 2.75) is 13.5 Å². The van der Waals surface area contributed by atoms with E-state index in [9.17, 15) is 10.1 Å². The molecule has 5 heteroatoms. The zero-order chi connectivity index (χ0) is 16.4. The summed E-state index contributed by atoms with van der Waals surface area (Å²) in [5.41, 5.74) is 4.14. The highest BCUT2D eigenvalue weighted by Crippen LogP contribution is 2.27. The number of rotatable bonds is 4. The molecule has 0 saturated carbocycles. The summed E-state index contributed by atoms with van der Waals surface area (Å²) in [6, 6.07) is 17.2. The van der Waals surface area contributed by atoms with E-state index in [1.807, 2.05) is 35.9 Å². The molecule has 0 aliphatic rings. The van der Waals surface area contributed by atoms with Crippen LogP contribution in [0, 0.1) is 17.0 Å². The molecule has 0 atom stereocenters. The zero-order valence-electron chi connectivity index (χ0n) is 12.6. The largest absolute Gasteiger partial charge is 0.346 e. The average Bonchev–Trinajstić information content (AvgIpc) is 2.89. The van der Waals surface area contributed by atoms with Gasteiger partial charge in [0.2, 0.25) is 0 Å². The Balaban J connectivity index is 1.97. The highest BCUT2D eigenvalue weighted by atomic mass is 79.9. The molecule has 0 fully saturated rings. The lowest BCUT2D eigenvalue weighted by atomic mass is 10.1. The summed E-state index contributed by atoms with van der Waals surface area (Å²) < 4.78 is 2.88. The summed E-state index contributed by atoms with van der Waals surface area (Å²) in [4.78, 5) is 10.9. The van der Waals surface area contributed by atoms with Crippen LogP contribution in [0.2, 0.25) is 0 Å². The van der Waals surface area contributed by atoms with E-state index in [0.29, 0.717) is 12.1 Å².